The summed E-state index contributed by atoms with van der Waals surface area (Å²) in [5, 5.41) is 3.72. The zero-order valence-electron chi connectivity index (χ0n) is 19.0. The Kier molecular flexibility index (Phi) is 6.00. The SMILES string of the molecule is CC(CNC(=O)N1CCN(Cc2nc3ccccc3c(=O)[nH]2)CC1)N1CCc2ccccc21. The molecule has 0 saturated carbocycles. The zero-order chi connectivity index (χ0) is 22.8. The first-order valence-electron chi connectivity index (χ1n) is 11.7. The topological polar surface area (TPSA) is 84.6 Å². The highest BCUT2D eigenvalue weighted by molar-refractivity contribution is 5.77. The van der Waals surface area contributed by atoms with Crippen molar-refractivity contribution in [3.63, 3.8) is 0 Å². The van der Waals surface area contributed by atoms with Crippen molar-refractivity contribution < 1.29 is 4.79 Å². The van der Waals surface area contributed by atoms with E-state index >= 15 is 0 Å². The Labute approximate surface area is 193 Å². The van der Waals surface area contributed by atoms with Gasteiger partial charge in [-0.15, -0.1) is 0 Å². The molecule has 2 aromatic carbocycles. The summed E-state index contributed by atoms with van der Waals surface area (Å²) >= 11 is 0. The van der Waals surface area contributed by atoms with Crippen LogP contribution in [0.4, 0.5) is 10.5 Å². The summed E-state index contributed by atoms with van der Waals surface area (Å²) in [5.74, 6) is 0.663. The normalized spacial score (nSPS) is 17.2. The number of urea groups is 1. The summed E-state index contributed by atoms with van der Waals surface area (Å²) < 4.78 is 0. The number of para-hydroxylation sites is 2. The maximum atomic E-state index is 12.7. The lowest BCUT2D eigenvalue weighted by molar-refractivity contribution is 0.133. The molecule has 1 unspecified atom stereocenters. The first kappa shape index (κ1) is 21.5. The molecule has 33 heavy (non-hydrogen) atoms. The second kappa shape index (κ2) is 9.23. The molecule has 0 bridgehead atoms. The van der Waals surface area contributed by atoms with E-state index in [1.807, 2.05) is 23.1 Å². The second-order valence-corrected chi connectivity index (χ2v) is 8.90. The number of piperazine rings is 1. The fraction of sp³-hybridized carbons (Fsp3) is 0.400. The minimum atomic E-state index is -0.108. The standard InChI is InChI=1S/C25H30N6O2/c1-18(31-11-10-19-6-2-5-9-22(19)31)16-26-25(33)30-14-12-29(13-15-30)17-23-27-21-8-4-3-7-20(21)24(32)28-23/h2-9,18H,10-17H2,1H3,(H,26,33)(H,27,28,32). The van der Waals surface area contributed by atoms with Gasteiger partial charge in [-0.3, -0.25) is 9.69 Å². The van der Waals surface area contributed by atoms with Gasteiger partial charge in [0.2, 0.25) is 0 Å². The number of anilines is 1. The van der Waals surface area contributed by atoms with Crippen molar-refractivity contribution in [3.05, 3.63) is 70.3 Å². The smallest absolute Gasteiger partial charge is 0.317 e. The zero-order valence-corrected chi connectivity index (χ0v) is 19.0. The average Bonchev–Trinajstić information content (AvgIpc) is 3.27. The summed E-state index contributed by atoms with van der Waals surface area (Å²) in [6.07, 6.45) is 1.06. The van der Waals surface area contributed by atoms with Crippen LogP contribution >= 0.6 is 0 Å². The number of H-pyrrole nitrogens is 1. The van der Waals surface area contributed by atoms with Gasteiger partial charge in [0.15, 0.2) is 0 Å². The number of aromatic amines is 1. The molecule has 0 spiro atoms. The van der Waals surface area contributed by atoms with Gasteiger partial charge < -0.3 is 20.1 Å². The summed E-state index contributed by atoms with van der Waals surface area (Å²) in [5.41, 5.74) is 3.27. The third-order valence-corrected chi connectivity index (χ3v) is 6.70. The molecular weight excluding hydrogens is 416 g/mol. The van der Waals surface area contributed by atoms with E-state index in [9.17, 15) is 9.59 Å². The highest BCUT2D eigenvalue weighted by atomic mass is 16.2. The van der Waals surface area contributed by atoms with E-state index in [0.29, 0.717) is 42.9 Å². The fourth-order valence-electron chi connectivity index (χ4n) is 4.81. The number of hydrogen-bond donors (Lipinski definition) is 2. The second-order valence-electron chi connectivity index (χ2n) is 8.90. The maximum Gasteiger partial charge on any atom is 0.317 e. The largest absolute Gasteiger partial charge is 0.366 e. The summed E-state index contributed by atoms with van der Waals surface area (Å²) in [7, 11) is 0. The molecule has 0 radical (unpaired) electrons. The molecular formula is C25H30N6O2. The van der Waals surface area contributed by atoms with Crippen molar-refractivity contribution in [1.82, 2.24) is 25.1 Å². The maximum absolute atomic E-state index is 12.7. The van der Waals surface area contributed by atoms with Crippen LogP contribution in [0.25, 0.3) is 10.9 Å². The van der Waals surface area contributed by atoms with E-state index in [-0.39, 0.29) is 17.6 Å². The third kappa shape index (κ3) is 4.57. The van der Waals surface area contributed by atoms with Gasteiger partial charge in [0.1, 0.15) is 5.82 Å². The molecule has 172 valence electrons. The molecule has 1 atom stereocenters. The van der Waals surface area contributed by atoms with E-state index in [4.69, 9.17) is 0 Å². The van der Waals surface area contributed by atoms with Crippen LogP contribution in [0.15, 0.2) is 53.3 Å². The molecule has 3 heterocycles. The molecule has 8 heteroatoms. The summed E-state index contributed by atoms with van der Waals surface area (Å²) in [4.78, 5) is 39.0. The van der Waals surface area contributed by atoms with Crippen LogP contribution in [0.2, 0.25) is 0 Å². The molecule has 2 N–H and O–H groups in total. The van der Waals surface area contributed by atoms with Crippen LogP contribution in [0, 0.1) is 0 Å². The van der Waals surface area contributed by atoms with Gasteiger partial charge in [-0.1, -0.05) is 30.3 Å². The number of carbonyl (C=O) groups excluding carboxylic acids is 1. The van der Waals surface area contributed by atoms with Gasteiger partial charge in [-0.25, -0.2) is 9.78 Å². The van der Waals surface area contributed by atoms with Gasteiger partial charge >= 0.3 is 6.03 Å². The molecule has 0 aliphatic carbocycles. The number of rotatable bonds is 5. The number of nitrogens with one attached hydrogen (secondary N) is 2. The van der Waals surface area contributed by atoms with Crippen molar-refractivity contribution in [2.45, 2.75) is 25.9 Å². The van der Waals surface area contributed by atoms with Crippen LogP contribution in [-0.2, 0) is 13.0 Å². The number of nitrogens with zero attached hydrogens (tertiary/aromatic N) is 4. The van der Waals surface area contributed by atoms with Gasteiger partial charge in [0, 0.05) is 51.0 Å². The predicted molar refractivity (Wildman–Crippen MR) is 130 cm³/mol. The molecule has 2 amide bonds. The fourth-order valence-corrected chi connectivity index (χ4v) is 4.81. The van der Waals surface area contributed by atoms with Crippen LogP contribution in [-0.4, -0.2) is 71.1 Å². The van der Waals surface area contributed by atoms with E-state index in [1.165, 1.54) is 11.3 Å². The quantitative estimate of drug-likeness (QED) is 0.628. The van der Waals surface area contributed by atoms with Gasteiger partial charge in [0.05, 0.1) is 17.4 Å². The van der Waals surface area contributed by atoms with Crippen molar-refractivity contribution in [2.75, 3.05) is 44.2 Å². The van der Waals surface area contributed by atoms with Crippen LogP contribution in [0.3, 0.4) is 0 Å². The lowest BCUT2D eigenvalue weighted by Crippen LogP contribution is -2.53. The number of benzene rings is 2. The van der Waals surface area contributed by atoms with Crippen molar-refractivity contribution >= 4 is 22.6 Å². The van der Waals surface area contributed by atoms with Gasteiger partial charge in [0.25, 0.3) is 5.56 Å². The van der Waals surface area contributed by atoms with E-state index in [1.54, 1.807) is 6.07 Å². The Morgan fingerprint density at radius 1 is 1.06 bits per heavy atom. The molecule has 2 aliphatic heterocycles. The number of fused-ring (bicyclic) bond motifs is 2. The van der Waals surface area contributed by atoms with Crippen molar-refractivity contribution in [1.29, 1.82) is 0 Å². The Bertz CT molecular complexity index is 1200. The monoisotopic (exact) mass is 446 g/mol. The first-order valence-corrected chi connectivity index (χ1v) is 11.7. The van der Waals surface area contributed by atoms with Gasteiger partial charge in [-0.05, 0) is 37.1 Å². The van der Waals surface area contributed by atoms with Crippen molar-refractivity contribution in [2.24, 2.45) is 0 Å². The van der Waals surface area contributed by atoms with Crippen LogP contribution < -0.4 is 15.8 Å². The Morgan fingerprint density at radius 2 is 1.82 bits per heavy atom. The molecule has 8 nitrogen and oxygen atoms in total. The number of aromatic nitrogens is 2. The Balaban J connectivity index is 1.11. The van der Waals surface area contributed by atoms with E-state index in [0.717, 1.165) is 26.1 Å². The molecule has 3 aromatic rings. The molecule has 5 rings (SSSR count). The highest BCUT2D eigenvalue weighted by Gasteiger charge is 2.25. The minimum absolute atomic E-state index is 0.00813. The lowest BCUT2D eigenvalue weighted by atomic mass is 10.2. The van der Waals surface area contributed by atoms with Crippen LogP contribution in [0.5, 0.6) is 0 Å². The minimum Gasteiger partial charge on any atom is -0.366 e. The lowest BCUT2D eigenvalue weighted by Gasteiger charge is -2.35. The highest BCUT2D eigenvalue weighted by Crippen LogP contribution is 2.28. The first-order chi connectivity index (χ1) is 16.1. The Hall–Kier alpha value is -3.39. The summed E-state index contributed by atoms with van der Waals surface area (Å²) in [6.45, 7) is 7.17. The number of amides is 2. The van der Waals surface area contributed by atoms with Crippen molar-refractivity contribution in [3.8, 4) is 0 Å². The van der Waals surface area contributed by atoms with E-state index in [2.05, 4.69) is 56.3 Å². The summed E-state index contributed by atoms with van der Waals surface area (Å²) in [6, 6.07) is 16.1. The third-order valence-electron chi connectivity index (χ3n) is 6.70. The average molecular weight is 447 g/mol. The molecule has 1 fully saturated rings. The van der Waals surface area contributed by atoms with Crippen LogP contribution in [0.1, 0.15) is 18.3 Å². The Morgan fingerprint density at radius 3 is 2.67 bits per heavy atom. The van der Waals surface area contributed by atoms with Gasteiger partial charge in [-0.2, -0.15) is 0 Å². The molecule has 2 aliphatic rings. The number of carbonyl (C=O) groups is 1. The molecule has 1 aromatic heterocycles. The van der Waals surface area contributed by atoms with E-state index < -0.39 is 0 Å². The predicted octanol–water partition coefficient (Wildman–Crippen LogP) is 2.20. The number of hydrogen-bond acceptors (Lipinski definition) is 5. The molecule has 1 saturated heterocycles.